The molecular formula is C30H51Tl. The number of hydrogen-bond donors (Lipinski definition) is 0. The van der Waals surface area contributed by atoms with Crippen molar-refractivity contribution in [2.24, 2.45) is 0 Å². The van der Waals surface area contributed by atoms with Gasteiger partial charge in [0.15, 0.2) is 0 Å². The van der Waals surface area contributed by atoms with Crippen molar-refractivity contribution in [3.05, 3.63) is 69.9 Å². The van der Waals surface area contributed by atoms with Gasteiger partial charge in [0.25, 0.3) is 0 Å². The topological polar surface area (TPSA) is 0 Å². The van der Waals surface area contributed by atoms with E-state index in [1.807, 2.05) is 0 Å². The molecule has 0 aromatic heterocycles. The zero-order valence-corrected chi connectivity index (χ0v) is 30.0. The zero-order valence-electron chi connectivity index (χ0n) is 22.2. The average Bonchev–Trinajstić information content (AvgIpc) is 2.70. The van der Waals surface area contributed by atoms with E-state index in [4.69, 9.17) is 0 Å². The van der Waals surface area contributed by atoms with Crippen molar-refractivity contribution in [1.29, 1.82) is 0 Å². The molecule has 0 nitrogen and oxygen atoms in total. The standard InChI is InChI=1S/C30H49.Tl.2H/c1-25(2)15-11-19-29(7)23-13-21-27(5)17-9-10-18-28(6)22-14-24-30(8)20-12-16-26(3)4;;;/h15-18,23-24H,1,9-14,19-22H2,2-8H3;;;/b25-15?,27-17+,28-18+,29-23+,30-24+;;;. The van der Waals surface area contributed by atoms with Gasteiger partial charge in [0, 0.05) is 0 Å². The second-order valence-corrected chi connectivity index (χ2v) is 12.4. The fourth-order valence-electron chi connectivity index (χ4n) is 3.44. The first-order chi connectivity index (χ1) is 14.7. The van der Waals surface area contributed by atoms with Crippen LogP contribution < -0.4 is 0 Å². The summed E-state index contributed by atoms with van der Waals surface area (Å²) in [7, 11) is 0. The van der Waals surface area contributed by atoms with Crippen LogP contribution in [-0.2, 0) is 0 Å². The van der Waals surface area contributed by atoms with Crippen LogP contribution in [0.1, 0.15) is 113 Å². The Labute approximate surface area is 211 Å². The van der Waals surface area contributed by atoms with E-state index in [9.17, 15) is 0 Å². The van der Waals surface area contributed by atoms with E-state index in [1.165, 1.54) is 84.9 Å². The normalized spacial score (nSPS) is 14.2. The van der Waals surface area contributed by atoms with E-state index in [0.29, 0.717) is 0 Å². The Balaban J connectivity index is 4.07. The molecule has 0 aliphatic rings. The Hall–Kier alpha value is -0.638. The Morgan fingerprint density at radius 1 is 0.419 bits per heavy atom. The van der Waals surface area contributed by atoms with Gasteiger partial charge in [-0.2, -0.15) is 0 Å². The fraction of sp³-hybridized carbons (Fsp3) is 0.600. The molecule has 174 valence electrons. The van der Waals surface area contributed by atoms with Crippen LogP contribution >= 0.6 is 0 Å². The molecule has 0 unspecified atom stereocenters. The van der Waals surface area contributed by atoms with Crippen LogP contribution in [0.2, 0.25) is 3.98 Å². The van der Waals surface area contributed by atoms with E-state index < -0.39 is 0 Å². The first kappa shape index (κ1) is 30.4. The molecule has 0 spiro atoms. The summed E-state index contributed by atoms with van der Waals surface area (Å²) in [4.78, 5) is 0. The Bertz CT molecular complexity index is 661. The van der Waals surface area contributed by atoms with Crippen LogP contribution in [0.3, 0.4) is 0 Å². The molecule has 0 fully saturated rings. The summed E-state index contributed by atoms with van der Waals surface area (Å²) in [5.74, 6) is 0. The van der Waals surface area contributed by atoms with E-state index in [2.05, 4.69) is 84.9 Å². The van der Waals surface area contributed by atoms with E-state index >= 15 is 0 Å². The number of allylic oxidation sites excluding steroid dienone is 12. The van der Waals surface area contributed by atoms with Crippen LogP contribution in [-0.4, -0.2) is 25.8 Å². The summed E-state index contributed by atoms with van der Waals surface area (Å²) < 4.78 is 1.40. The molecule has 0 radical (unpaired) electrons. The van der Waals surface area contributed by atoms with Crippen molar-refractivity contribution in [3.63, 3.8) is 0 Å². The number of hydrogen-bond acceptors (Lipinski definition) is 0. The summed E-state index contributed by atoms with van der Waals surface area (Å²) in [5, 5.41) is 0. The average molecular weight is 616 g/mol. The molecule has 0 heterocycles. The molecule has 0 rings (SSSR count). The maximum atomic E-state index is 2.45. The molecule has 0 saturated heterocycles. The molecule has 0 aliphatic carbocycles. The summed E-state index contributed by atoms with van der Waals surface area (Å²) >= 11 is 0.721. The van der Waals surface area contributed by atoms with Gasteiger partial charge in [-0.3, -0.25) is 0 Å². The van der Waals surface area contributed by atoms with Crippen molar-refractivity contribution < 1.29 is 0 Å². The molecule has 0 N–H and O–H groups in total. The molecule has 0 bridgehead atoms. The monoisotopic (exact) mass is 616 g/mol. The predicted molar refractivity (Wildman–Crippen MR) is 148 cm³/mol. The van der Waals surface area contributed by atoms with Gasteiger partial charge in [-0.1, -0.05) is 34.9 Å². The first-order valence-electron chi connectivity index (χ1n) is 12.7. The second-order valence-electron chi connectivity index (χ2n) is 9.62. The summed E-state index contributed by atoms with van der Waals surface area (Å²) in [5.41, 5.74) is 9.20. The van der Waals surface area contributed by atoms with Crippen LogP contribution in [0.25, 0.3) is 0 Å². The van der Waals surface area contributed by atoms with Gasteiger partial charge >= 0.3 is 118 Å². The van der Waals surface area contributed by atoms with Gasteiger partial charge in [0.05, 0.1) is 0 Å². The van der Waals surface area contributed by atoms with Crippen molar-refractivity contribution in [2.45, 2.75) is 117 Å². The van der Waals surface area contributed by atoms with Gasteiger partial charge in [-0.25, -0.2) is 0 Å². The van der Waals surface area contributed by atoms with Gasteiger partial charge < -0.3 is 0 Å². The summed E-state index contributed by atoms with van der Waals surface area (Å²) in [6.07, 6.45) is 26.5. The fourth-order valence-corrected chi connectivity index (χ4v) is 4.56. The van der Waals surface area contributed by atoms with E-state index in [1.54, 1.807) is 16.7 Å². The molecular weight excluding hydrogens is 565 g/mol. The molecule has 0 saturated carbocycles. The second kappa shape index (κ2) is 20.0. The van der Waals surface area contributed by atoms with Crippen molar-refractivity contribution in [2.75, 3.05) is 0 Å². The van der Waals surface area contributed by atoms with Crippen LogP contribution in [0.15, 0.2) is 69.9 Å². The van der Waals surface area contributed by atoms with Gasteiger partial charge in [-0.05, 0) is 59.8 Å². The van der Waals surface area contributed by atoms with Gasteiger partial charge in [-0.15, -0.1) is 0 Å². The van der Waals surface area contributed by atoms with Crippen molar-refractivity contribution in [1.82, 2.24) is 0 Å². The SMILES string of the molecule is CC(C)=CCC/C(C)=C/CC/C(C)=C/CC/C=C(\C)CC/C=C(\C)CCC=C(C)[CH2][TlH2]. The third kappa shape index (κ3) is 21.0. The molecule has 31 heavy (non-hydrogen) atoms. The predicted octanol–water partition coefficient (Wildman–Crippen LogP) is 9.64. The maximum absolute atomic E-state index is 2.45. The third-order valence-corrected chi connectivity index (χ3v) is 10.2. The number of unbranched alkanes of at least 4 members (excludes halogenated alkanes) is 1. The molecule has 0 atom stereocenters. The zero-order chi connectivity index (χ0) is 23.5. The summed E-state index contributed by atoms with van der Waals surface area (Å²) in [6.45, 7) is 15.8. The molecule has 0 aliphatic heterocycles. The summed E-state index contributed by atoms with van der Waals surface area (Å²) in [6, 6.07) is 0. The Morgan fingerprint density at radius 3 is 1.03 bits per heavy atom. The minimum absolute atomic E-state index is 0.721. The Morgan fingerprint density at radius 2 is 0.710 bits per heavy atom. The Kier molecular flexibility index (Phi) is 19.6. The van der Waals surface area contributed by atoms with Crippen LogP contribution in [0, 0.1) is 0 Å². The third-order valence-electron chi connectivity index (χ3n) is 5.90. The van der Waals surface area contributed by atoms with E-state index in [0.717, 1.165) is 25.8 Å². The molecule has 0 aromatic rings. The van der Waals surface area contributed by atoms with Crippen LogP contribution in [0.5, 0.6) is 0 Å². The molecule has 0 aromatic carbocycles. The van der Waals surface area contributed by atoms with Crippen molar-refractivity contribution >= 4 is 25.8 Å². The number of rotatable bonds is 16. The van der Waals surface area contributed by atoms with Crippen LogP contribution in [0.4, 0.5) is 0 Å². The molecule has 1 heteroatoms. The van der Waals surface area contributed by atoms with Gasteiger partial charge in [0.2, 0.25) is 0 Å². The van der Waals surface area contributed by atoms with Crippen molar-refractivity contribution in [3.8, 4) is 0 Å². The first-order valence-corrected chi connectivity index (χ1v) is 18.2. The quantitative estimate of drug-likeness (QED) is 0.0921. The molecule has 0 amide bonds. The minimum atomic E-state index is 0.721. The van der Waals surface area contributed by atoms with E-state index in [-0.39, 0.29) is 0 Å². The van der Waals surface area contributed by atoms with Gasteiger partial charge in [0.1, 0.15) is 0 Å².